The quantitative estimate of drug-likeness (QED) is 0.896. The summed E-state index contributed by atoms with van der Waals surface area (Å²) in [7, 11) is 0. The van der Waals surface area contributed by atoms with Gasteiger partial charge in [-0.25, -0.2) is 0 Å². The Labute approximate surface area is 124 Å². The van der Waals surface area contributed by atoms with Crippen LogP contribution in [0.15, 0.2) is 30.3 Å². The fourth-order valence-electron chi connectivity index (χ4n) is 3.12. The van der Waals surface area contributed by atoms with Crippen molar-refractivity contribution >= 4 is 28.3 Å². The molecule has 3 heteroatoms. The lowest BCUT2D eigenvalue weighted by Crippen LogP contribution is -2.30. The van der Waals surface area contributed by atoms with Gasteiger partial charge in [0.05, 0.1) is 0 Å². The van der Waals surface area contributed by atoms with E-state index >= 15 is 0 Å². The van der Waals surface area contributed by atoms with E-state index in [0.29, 0.717) is 5.92 Å². The molecule has 1 atom stereocenters. The number of aryl methyl sites for hydroxylation is 1. The molecule has 1 amide bonds. The maximum absolute atomic E-state index is 11.1. The molecule has 0 spiro atoms. The van der Waals surface area contributed by atoms with E-state index in [0.717, 1.165) is 36.2 Å². The van der Waals surface area contributed by atoms with Gasteiger partial charge >= 0.3 is 0 Å². The minimum Gasteiger partial charge on any atom is -0.356 e. The van der Waals surface area contributed by atoms with Gasteiger partial charge in [-0.15, -0.1) is 0 Å². The van der Waals surface area contributed by atoms with E-state index in [-0.39, 0.29) is 5.91 Å². The minimum atomic E-state index is 0.0526. The maximum Gasteiger partial charge on any atom is 0.216 e. The molecule has 0 aliphatic heterocycles. The van der Waals surface area contributed by atoms with Gasteiger partial charge in [-0.2, -0.15) is 0 Å². The lowest BCUT2D eigenvalue weighted by molar-refractivity contribution is -0.119. The predicted molar refractivity (Wildman–Crippen MR) is 83.2 cm³/mol. The van der Waals surface area contributed by atoms with Crippen LogP contribution in [0.3, 0.4) is 0 Å². The van der Waals surface area contributed by atoms with E-state index in [1.165, 1.54) is 16.5 Å². The second-order valence-corrected chi connectivity index (χ2v) is 5.99. The first kappa shape index (κ1) is 13.4. The van der Waals surface area contributed by atoms with Crippen LogP contribution in [-0.4, -0.2) is 12.5 Å². The molecule has 0 radical (unpaired) electrons. The van der Waals surface area contributed by atoms with Crippen molar-refractivity contribution in [3.8, 4) is 0 Å². The summed E-state index contributed by atoms with van der Waals surface area (Å²) >= 11 is 6.38. The summed E-state index contributed by atoms with van der Waals surface area (Å²) in [5.74, 6) is 0.577. The fourth-order valence-corrected chi connectivity index (χ4v) is 3.42. The number of nitrogens with one attached hydrogen (secondary N) is 1. The van der Waals surface area contributed by atoms with Crippen LogP contribution in [0, 0.1) is 5.92 Å². The van der Waals surface area contributed by atoms with Crippen LogP contribution in [0.1, 0.15) is 24.5 Å². The molecular formula is C17H18ClNO. The number of amides is 1. The lowest BCUT2D eigenvalue weighted by Gasteiger charge is -2.26. The van der Waals surface area contributed by atoms with Crippen molar-refractivity contribution in [2.24, 2.45) is 5.92 Å². The number of hydrogen-bond donors (Lipinski definition) is 1. The molecule has 0 aromatic heterocycles. The van der Waals surface area contributed by atoms with Gasteiger partial charge in [0.1, 0.15) is 0 Å². The largest absolute Gasteiger partial charge is 0.356 e. The maximum atomic E-state index is 11.1. The van der Waals surface area contributed by atoms with Crippen molar-refractivity contribution in [2.75, 3.05) is 6.54 Å². The molecule has 1 aliphatic rings. The molecular weight excluding hydrogens is 270 g/mol. The summed E-state index contributed by atoms with van der Waals surface area (Å²) in [5.41, 5.74) is 2.78. The van der Waals surface area contributed by atoms with Gasteiger partial charge < -0.3 is 5.32 Å². The van der Waals surface area contributed by atoms with E-state index in [1.807, 2.05) is 6.07 Å². The number of hydrogen-bond acceptors (Lipinski definition) is 1. The number of fused-ring (bicyclic) bond motifs is 3. The van der Waals surface area contributed by atoms with E-state index in [2.05, 4.69) is 29.6 Å². The van der Waals surface area contributed by atoms with Crippen LogP contribution in [0.4, 0.5) is 0 Å². The fraction of sp³-hybridized carbons (Fsp3) is 0.353. The zero-order valence-electron chi connectivity index (χ0n) is 11.6. The molecule has 2 aromatic carbocycles. The van der Waals surface area contributed by atoms with Crippen molar-refractivity contribution in [3.05, 3.63) is 46.5 Å². The third-order valence-corrected chi connectivity index (χ3v) is 4.47. The first-order valence-corrected chi connectivity index (χ1v) is 7.46. The summed E-state index contributed by atoms with van der Waals surface area (Å²) < 4.78 is 0. The van der Waals surface area contributed by atoms with Gasteiger partial charge in [0.25, 0.3) is 0 Å². The Morgan fingerprint density at radius 3 is 2.85 bits per heavy atom. The highest BCUT2D eigenvalue weighted by Gasteiger charge is 2.21. The van der Waals surface area contributed by atoms with E-state index in [4.69, 9.17) is 11.6 Å². The van der Waals surface area contributed by atoms with Crippen molar-refractivity contribution in [3.63, 3.8) is 0 Å². The number of rotatable bonds is 2. The molecule has 2 aromatic rings. The van der Waals surface area contributed by atoms with Crippen LogP contribution in [-0.2, 0) is 17.6 Å². The Kier molecular flexibility index (Phi) is 3.66. The molecule has 0 saturated carbocycles. The Morgan fingerprint density at radius 1 is 1.35 bits per heavy atom. The third kappa shape index (κ3) is 2.53. The van der Waals surface area contributed by atoms with Crippen LogP contribution in [0.5, 0.6) is 0 Å². The zero-order chi connectivity index (χ0) is 14.1. The van der Waals surface area contributed by atoms with Crippen LogP contribution < -0.4 is 5.32 Å². The Bertz CT molecular complexity index is 665. The highest BCUT2D eigenvalue weighted by atomic mass is 35.5. The van der Waals surface area contributed by atoms with Crippen molar-refractivity contribution in [1.29, 1.82) is 0 Å². The monoisotopic (exact) mass is 287 g/mol. The molecule has 0 bridgehead atoms. The SMILES string of the molecule is CC(=O)NCC1CCc2cc(Cl)c3ccccc3c2C1. The highest BCUT2D eigenvalue weighted by molar-refractivity contribution is 6.35. The Balaban J connectivity index is 1.95. The standard InChI is InChI=1S/C17H18ClNO/c1-11(20)19-10-12-6-7-13-9-17(18)15-5-3-2-4-14(15)16(13)8-12/h2-5,9,12H,6-8,10H2,1H3,(H,19,20). The Morgan fingerprint density at radius 2 is 2.10 bits per heavy atom. The predicted octanol–water partition coefficient (Wildman–Crippen LogP) is 3.73. The van der Waals surface area contributed by atoms with Gasteiger partial charge in [0.15, 0.2) is 0 Å². The van der Waals surface area contributed by atoms with Gasteiger partial charge in [-0.3, -0.25) is 4.79 Å². The molecule has 1 aliphatic carbocycles. The first-order chi connectivity index (χ1) is 9.65. The summed E-state index contributed by atoms with van der Waals surface area (Å²) in [4.78, 5) is 11.1. The van der Waals surface area contributed by atoms with E-state index in [9.17, 15) is 4.79 Å². The summed E-state index contributed by atoms with van der Waals surface area (Å²) in [6.07, 6.45) is 3.18. The second-order valence-electron chi connectivity index (χ2n) is 5.59. The van der Waals surface area contributed by atoms with Gasteiger partial charge in [0, 0.05) is 23.9 Å². The highest BCUT2D eigenvalue weighted by Crippen LogP contribution is 2.35. The lowest BCUT2D eigenvalue weighted by atomic mass is 9.81. The molecule has 0 saturated heterocycles. The van der Waals surface area contributed by atoms with Gasteiger partial charge in [-0.05, 0) is 47.8 Å². The van der Waals surface area contributed by atoms with E-state index in [1.54, 1.807) is 6.92 Å². The summed E-state index contributed by atoms with van der Waals surface area (Å²) in [5, 5.41) is 6.19. The molecule has 1 N–H and O–H groups in total. The molecule has 3 rings (SSSR count). The second kappa shape index (κ2) is 5.45. The molecule has 2 nitrogen and oxygen atoms in total. The molecule has 20 heavy (non-hydrogen) atoms. The Hall–Kier alpha value is -1.54. The van der Waals surface area contributed by atoms with Crippen molar-refractivity contribution in [2.45, 2.75) is 26.2 Å². The average Bonchev–Trinajstić information content (AvgIpc) is 2.46. The average molecular weight is 288 g/mol. The van der Waals surface area contributed by atoms with E-state index < -0.39 is 0 Å². The molecule has 0 heterocycles. The molecule has 104 valence electrons. The normalized spacial score (nSPS) is 17.8. The third-order valence-electron chi connectivity index (χ3n) is 4.15. The summed E-state index contributed by atoms with van der Waals surface area (Å²) in [6, 6.07) is 10.4. The number of benzene rings is 2. The minimum absolute atomic E-state index is 0.0526. The smallest absolute Gasteiger partial charge is 0.216 e. The number of carbonyl (C=O) groups is 1. The molecule has 0 fully saturated rings. The van der Waals surface area contributed by atoms with Gasteiger partial charge in [-0.1, -0.05) is 35.9 Å². The zero-order valence-corrected chi connectivity index (χ0v) is 12.3. The topological polar surface area (TPSA) is 29.1 Å². The van der Waals surface area contributed by atoms with Crippen LogP contribution >= 0.6 is 11.6 Å². The molecule has 1 unspecified atom stereocenters. The van der Waals surface area contributed by atoms with Crippen molar-refractivity contribution in [1.82, 2.24) is 5.32 Å². The summed E-state index contributed by atoms with van der Waals surface area (Å²) in [6.45, 7) is 2.34. The van der Waals surface area contributed by atoms with Crippen LogP contribution in [0.25, 0.3) is 10.8 Å². The van der Waals surface area contributed by atoms with Gasteiger partial charge in [0.2, 0.25) is 5.91 Å². The van der Waals surface area contributed by atoms with Crippen LogP contribution in [0.2, 0.25) is 5.02 Å². The number of carbonyl (C=O) groups excluding carboxylic acids is 1. The number of halogens is 1. The van der Waals surface area contributed by atoms with Crippen molar-refractivity contribution < 1.29 is 4.79 Å². The first-order valence-electron chi connectivity index (χ1n) is 7.08.